The maximum Gasteiger partial charge on any atom is 0.262 e. The van der Waals surface area contributed by atoms with Gasteiger partial charge in [-0.3, -0.25) is 9.59 Å². The highest BCUT2D eigenvalue weighted by molar-refractivity contribution is 9.11. The lowest BCUT2D eigenvalue weighted by Crippen LogP contribution is -2.45. The van der Waals surface area contributed by atoms with Crippen LogP contribution in [0.4, 0.5) is 0 Å². The first-order valence-electron chi connectivity index (χ1n) is 7.18. The highest BCUT2D eigenvalue weighted by Gasteiger charge is 2.17. The molecule has 5 nitrogen and oxygen atoms in total. The monoisotopic (exact) mass is 430 g/mol. The summed E-state index contributed by atoms with van der Waals surface area (Å²) in [6.45, 7) is 2.30. The van der Waals surface area contributed by atoms with E-state index in [9.17, 15) is 9.59 Å². The van der Waals surface area contributed by atoms with Crippen molar-refractivity contribution >= 4 is 50.7 Å². The first kappa shape index (κ1) is 18.8. The van der Waals surface area contributed by atoms with E-state index in [2.05, 4.69) is 26.6 Å². The summed E-state index contributed by atoms with van der Waals surface area (Å²) in [6, 6.07) is 9.84. The molecule has 2 rings (SSSR count). The van der Waals surface area contributed by atoms with Gasteiger partial charge in [0, 0.05) is 5.02 Å². The second-order valence-electron chi connectivity index (χ2n) is 4.89. The Labute approximate surface area is 157 Å². The van der Waals surface area contributed by atoms with Crippen LogP contribution in [0.2, 0.25) is 5.02 Å². The van der Waals surface area contributed by atoms with Crippen LogP contribution in [-0.2, 0) is 4.79 Å². The molecular formula is C16H16BrClN2O3S. The Morgan fingerprint density at radius 3 is 2.58 bits per heavy atom. The van der Waals surface area contributed by atoms with E-state index in [-0.39, 0.29) is 11.8 Å². The van der Waals surface area contributed by atoms with E-state index in [1.54, 1.807) is 43.3 Å². The number of hydrogen-bond acceptors (Lipinski definition) is 4. The van der Waals surface area contributed by atoms with E-state index in [4.69, 9.17) is 16.3 Å². The highest BCUT2D eigenvalue weighted by atomic mass is 79.9. The molecule has 2 N–H and O–H groups in total. The number of benzene rings is 1. The molecule has 2 aromatic rings. The van der Waals surface area contributed by atoms with Crippen molar-refractivity contribution in [2.75, 3.05) is 13.2 Å². The van der Waals surface area contributed by atoms with Crippen molar-refractivity contribution < 1.29 is 14.3 Å². The summed E-state index contributed by atoms with van der Waals surface area (Å²) in [5.74, 6) is 0.141. The van der Waals surface area contributed by atoms with E-state index >= 15 is 0 Å². The van der Waals surface area contributed by atoms with Crippen molar-refractivity contribution in [2.24, 2.45) is 0 Å². The molecule has 0 aliphatic carbocycles. The smallest absolute Gasteiger partial charge is 0.262 e. The van der Waals surface area contributed by atoms with Crippen LogP contribution in [0.3, 0.4) is 0 Å². The number of amides is 2. The summed E-state index contributed by atoms with van der Waals surface area (Å²) in [5, 5.41) is 6.01. The van der Waals surface area contributed by atoms with E-state index < -0.39 is 6.04 Å². The van der Waals surface area contributed by atoms with Gasteiger partial charge in [0.2, 0.25) is 5.91 Å². The number of carbonyl (C=O) groups excluding carboxylic acids is 2. The minimum Gasteiger partial charge on any atom is -0.492 e. The molecule has 0 radical (unpaired) electrons. The van der Waals surface area contributed by atoms with Crippen LogP contribution in [0, 0.1) is 0 Å². The number of halogens is 2. The second-order valence-corrected chi connectivity index (χ2v) is 7.79. The Morgan fingerprint density at radius 1 is 1.25 bits per heavy atom. The molecule has 0 fully saturated rings. The predicted molar refractivity (Wildman–Crippen MR) is 98.9 cm³/mol. The van der Waals surface area contributed by atoms with Gasteiger partial charge in [-0.2, -0.15) is 0 Å². The van der Waals surface area contributed by atoms with E-state index in [0.717, 1.165) is 3.79 Å². The summed E-state index contributed by atoms with van der Waals surface area (Å²) in [5.41, 5.74) is 0. The van der Waals surface area contributed by atoms with Crippen LogP contribution < -0.4 is 15.4 Å². The normalized spacial score (nSPS) is 11.6. The average molecular weight is 432 g/mol. The van der Waals surface area contributed by atoms with Gasteiger partial charge >= 0.3 is 0 Å². The zero-order chi connectivity index (χ0) is 17.5. The predicted octanol–water partition coefficient (Wildman–Crippen LogP) is 3.48. The first-order chi connectivity index (χ1) is 11.5. The molecule has 0 aliphatic heterocycles. The Balaban J connectivity index is 1.69. The molecule has 24 heavy (non-hydrogen) atoms. The summed E-state index contributed by atoms with van der Waals surface area (Å²) in [7, 11) is 0. The molecule has 0 bridgehead atoms. The minimum atomic E-state index is -0.631. The quantitative estimate of drug-likeness (QED) is 0.660. The summed E-state index contributed by atoms with van der Waals surface area (Å²) >= 11 is 10.4. The van der Waals surface area contributed by atoms with Crippen molar-refractivity contribution in [1.29, 1.82) is 0 Å². The molecule has 0 spiro atoms. The van der Waals surface area contributed by atoms with Crippen LogP contribution in [0.25, 0.3) is 0 Å². The van der Waals surface area contributed by atoms with Crippen LogP contribution >= 0.6 is 38.9 Å². The maximum absolute atomic E-state index is 12.0. The molecule has 128 valence electrons. The Morgan fingerprint density at radius 2 is 1.96 bits per heavy atom. The second kappa shape index (κ2) is 9.05. The fourth-order valence-electron chi connectivity index (χ4n) is 1.80. The van der Waals surface area contributed by atoms with E-state index in [0.29, 0.717) is 28.8 Å². The number of hydrogen-bond donors (Lipinski definition) is 2. The number of carbonyl (C=O) groups is 2. The summed E-state index contributed by atoms with van der Waals surface area (Å²) in [4.78, 5) is 24.5. The third-order valence-corrected chi connectivity index (χ3v) is 4.90. The molecule has 0 saturated heterocycles. The van der Waals surface area contributed by atoms with Crippen molar-refractivity contribution in [1.82, 2.24) is 10.6 Å². The van der Waals surface area contributed by atoms with Gasteiger partial charge in [0.25, 0.3) is 5.91 Å². The first-order valence-corrected chi connectivity index (χ1v) is 9.17. The lowest BCUT2D eigenvalue weighted by molar-refractivity contribution is -0.122. The molecule has 1 aromatic heterocycles. The van der Waals surface area contributed by atoms with Gasteiger partial charge in [-0.1, -0.05) is 11.6 Å². The molecule has 1 heterocycles. The lowest BCUT2D eigenvalue weighted by atomic mass is 10.3. The number of ether oxygens (including phenoxy) is 1. The Hall–Kier alpha value is -1.57. The fourth-order valence-corrected chi connectivity index (χ4v) is 3.21. The standard InChI is InChI=1S/C16H16BrClN2O3S/c1-10(20-16(22)13-6-7-14(17)24-13)15(21)19-8-9-23-12-4-2-11(18)3-5-12/h2-7,10H,8-9H2,1H3,(H,19,21)(H,20,22). The van der Waals surface area contributed by atoms with Gasteiger partial charge in [-0.15, -0.1) is 11.3 Å². The van der Waals surface area contributed by atoms with Gasteiger partial charge in [-0.05, 0) is 59.3 Å². The molecule has 0 aliphatic rings. The number of nitrogens with one attached hydrogen (secondary N) is 2. The highest BCUT2D eigenvalue weighted by Crippen LogP contribution is 2.21. The van der Waals surface area contributed by atoms with Crippen molar-refractivity contribution in [3.63, 3.8) is 0 Å². The van der Waals surface area contributed by atoms with E-state index in [1.807, 2.05) is 0 Å². The molecule has 2 amide bonds. The van der Waals surface area contributed by atoms with Gasteiger partial charge in [0.15, 0.2) is 0 Å². The SMILES string of the molecule is CC(NC(=O)c1ccc(Br)s1)C(=O)NCCOc1ccc(Cl)cc1. The fraction of sp³-hybridized carbons (Fsp3) is 0.250. The largest absolute Gasteiger partial charge is 0.492 e. The molecule has 1 atom stereocenters. The zero-order valence-corrected chi connectivity index (χ0v) is 16.0. The Kier molecular flexibility index (Phi) is 7.08. The lowest BCUT2D eigenvalue weighted by Gasteiger charge is -2.14. The number of rotatable bonds is 7. The third-order valence-electron chi connectivity index (χ3n) is 3.02. The van der Waals surface area contributed by atoms with Gasteiger partial charge in [-0.25, -0.2) is 0 Å². The molecular weight excluding hydrogens is 416 g/mol. The van der Waals surface area contributed by atoms with Gasteiger partial charge in [0.1, 0.15) is 18.4 Å². The van der Waals surface area contributed by atoms with E-state index in [1.165, 1.54) is 11.3 Å². The van der Waals surface area contributed by atoms with Crippen LogP contribution in [0.5, 0.6) is 5.75 Å². The van der Waals surface area contributed by atoms with Crippen molar-refractivity contribution in [3.8, 4) is 5.75 Å². The van der Waals surface area contributed by atoms with Crippen LogP contribution in [0.1, 0.15) is 16.6 Å². The number of thiophene rings is 1. The van der Waals surface area contributed by atoms with Crippen molar-refractivity contribution in [2.45, 2.75) is 13.0 Å². The van der Waals surface area contributed by atoms with Gasteiger partial charge in [0.05, 0.1) is 15.2 Å². The third kappa shape index (κ3) is 5.81. The average Bonchev–Trinajstić information content (AvgIpc) is 2.99. The van der Waals surface area contributed by atoms with Crippen LogP contribution in [0.15, 0.2) is 40.2 Å². The molecule has 1 unspecified atom stereocenters. The van der Waals surface area contributed by atoms with Crippen LogP contribution in [-0.4, -0.2) is 31.0 Å². The molecule has 1 aromatic carbocycles. The minimum absolute atomic E-state index is 0.265. The Bertz CT molecular complexity index is 706. The molecule has 0 saturated carbocycles. The summed E-state index contributed by atoms with van der Waals surface area (Å²) in [6.07, 6.45) is 0. The van der Waals surface area contributed by atoms with Gasteiger partial charge < -0.3 is 15.4 Å². The zero-order valence-electron chi connectivity index (χ0n) is 12.8. The maximum atomic E-state index is 12.0. The van der Waals surface area contributed by atoms with Crippen molar-refractivity contribution in [3.05, 3.63) is 50.1 Å². The molecule has 8 heteroatoms. The summed E-state index contributed by atoms with van der Waals surface area (Å²) < 4.78 is 6.34. The topological polar surface area (TPSA) is 67.4 Å².